The highest BCUT2D eigenvalue weighted by Gasteiger charge is 2.19. The molecule has 0 atom stereocenters. The Morgan fingerprint density at radius 1 is 1.41 bits per heavy atom. The maximum atomic E-state index is 13.8. The third-order valence-corrected chi connectivity index (χ3v) is 2.87. The van der Waals surface area contributed by atoms with E-state index in [0.29, 0.717) is 18.4 Å². The van der Waals surface area contributed by atoms with Crippen LogP contribution in [-0.4, -0.2) is 11.1 Å². The molecule has 17 heavy (non-hydrogen) atoms. The highest BCUT2D eigenvalue weighted by atomic mass is 19.1. The highest BCUT2D eigenvalue weighted by Crippen LogP contribution is 2.26. The number of carboxylic acid groups (broad SMARTS) is 1. The maximum Gasteiger partial charge on any atom is 0.303 e. The number of rotatable bonds is 5. The van der Waals surface area contributed by atoms with Gasteiger partial charge in [0.05, 0.1) is 0 Å². The van der Waals surface area contributed by atoms with E-state index in [1.807, 2.05) is 19.1 Å². The summed E-state index contributed by atoms with van der Waals surface area (Å²) in [6.07, 6.45) is 1.43. The molecule has 0 spiro atoms. The Morgan fingerprint density at radius 3 is 2.59 bits per heavy atom. The van der Waals surface area contributed by atoms with Crippen LogP contribution in [0.1, 0.15) is 43.4 Å². The molecule has 0 unspecified atom stereocenters. The Bertz CT molecular complexity index is 405. The van der Waals surface area contributed by atoms with Gasteiger partial charge in [-0.1, -0.05) is 18.2 Å². The average Bonchev–Trinajstić information content (AvgIpc) is 2.18. The number of hydrogen-bond acceptors (Lipinski definition) is 1. The van der Waals surface area contributed by atoms with Crippen molar-refractivity contribution in [2.75, 3.05) is 0 Å². The number of halogens is 1. The number of carbonyl (C=O) groups is 1. The van der Waals surface area contributed by atoms with Crippen molar-refractivity contribution in [1.29, 1.82) is 0 Å². The van der Waals surface area contributed by atoms with Gasteiger partial charge in [0.1, 0.15) is 5.67 Å². The molecule has 3 heteroatoms. The number of aryl methyl sites for hydroxylation is 2. The lowest BCUT2D eigenvalue weighted by Crippen LogP contribution is -2.10. The summed E-state index contributed by atoms with van der Waals surface area (Å²) < 4.78 is 13.8. The molecule has 0 aromatic heterocycles. The Morgan fingerprint density at radius 2 is 2.06 bits per heavy atom. The van der Waals surface area contributed by atoms with Crippen molar-refractivity contribution in [2.24, 2.45) is 0 Å². The molecule has 0 heterocycles. The standard InChI is InChI=1S/C14H19FO2/c1-10-7-8-12(14(2,3)15)9-11(10)5-4-6-13(16)17/h7-9H,4-6H2,1-3H3,(H,16,17). The minimum atomic E-state index is -1.35. The molecule has 0 aliphatic carbocycles. The summed E-state index contributed by atoms with van der Waals surface area (Å²) >= 11 is 0. The van der Waals surface area contributed by atoms with Crippen LogP contribution in [0.4, 0.5) is 4.39 Å². The zero-order valence-electron chi connectivity index (χ0n) is 10.6. The van der Waals surface area contributed by atoms with E-state index in [1.165, 1.54) is 13.8 Å². The Balaban J connectivity index is 2.80. The number of hydrogen-bond donors (Lipinski definition) is 1. The molecule has 1 aromatic rings. The second-order valence-electron chi connectivity index (χ2n) is 4.86. The molecule has 0 saturated heterocycles. The van der Waals surface area contributed by atoms with Crippen LogP contribution in [0.2, 0.25) is 0 Å². The molecule has 0 aliphatic heterocycles. The molecule has 0 bridgehead atoms. The van der Waals surface area contributed by atoms with Gasteiger partial charge in [0.2, 0.25) is 0 Å². The predicted molar refractivity (Wildman–Crippen MR) is 65.9 cm³/mol. The Kier molecular flexibility index (Phi) is 4.27. The van der Waals surface area contributed by atoms with E-state index in [-0.39, 0.29) is 6.42 Å². The molecule has 0 saturated carbocycles. The first-order valence-corrected chi connectivity index (χ1v) is 5.81. The largest absolute Gasteiger partial charge is 0.481 e. The highest BCUT2D eigenvalue weighted by molar-refractivity contribution is 5.66. The summed E-state index contributed by atoms with van der Waals surface area (Å²) in [4.78, 5) is 10.4. The van der Waals surface area contributed by atoms with Crippen molar-refractivity contribution in [1.82, 2.24) is 0 Å². The fourth-order valence-corrected chi connectivity index (χ4v) is 1.74. The van der Waals surface area contributed by atoms with Gasteiger partial charge in [0, 0.05) is 6.42 Å². The van der Waals surface area contributed by atoms with Crippen molar-refractivity contribution in [3.05, 3.63) is 34.9 Å². The van der Waals surface area contributed by atoms with E-state index in [2.05, 4.69) is 0 Å². The molecule has 1 N–H and O–H groups in total. The fraction of sp³-hybridized carbons (Fsp3) is 0.500. The van der Waals surface area contributed by atoms with Crippen molar-refractivity contribution in [3.63, 3.8) is 0 Å². The van der Waals surface area contributed by atoms with E-state index in [9.17, 15) is 9.18 Å². The number of carboxylic acids is 1. The van der Waals surface area contributed by atoms with Gasteiger partial charge in [-0.25, -0.2) is 4.39 Å². The lowest BCUT2D eigenvalue weighted by atomic mass is 9.93. The van der Waals surface area contributed by atoms with Gasteiger partial charge < -0.3 is 5.11 Å². The third-order valence-electron chi connectivity index (χ3n) is 2.87. The molecule has 0 radical (unpaired) electrons. The molecular formula is C14H19FO2. The van der Waals surface area contributed by atoms with E-state index >= 15 is 0 Å². The zero-order chi connectivity index (χ0) is 13.1. The summed E-state index contributed by atoms with van der Waals surface area (Å²) in [6, 6.07) is 5.53. The van der Waals surface area contributed by atoms with Gasteiger partial charge in [-0.05, 0) is 50.3 Å². The third kappa shape index (κ3) is 4.17. The normalized spacial score (nSPS) is 11.5. The van der Waals surface area contributed by atoms with Crippen LogP contribution < -0.4 is 0 Å². The van der Waals surface area contributed by atoms with Crippen molar-refractivity contribution >= 4 is 5.97 Å². The molecule has 1 aromatic carbocycles. The van der Waals surface area contributed by atoms with Crippen molar-refractivity contribution in [3.8, 4) is 0 Å². The number of alkyl halides is 1. The van der Waals surface area contributed by atoms with E-state index in [0.717, 1.165) is 11.1 Å². The first-order chi connectivity index (χ1) is 7.80. The summed E-state index contributed by atoms with van der Waals surface area (Å²) in [5, 5.41) is 8.58. The topological polar surface area (TPSA) is 37.3 Å². The fourth-order valence-electron chi connectivity index (χ4n) is 1.74. The second kappa shape index (κ2) is 5.30. The summed E-state index contributed by atoms with van der Waals surface area (Å²) in [5.74, 6) is -0.787. The van der Waals surface area contributed by atoms with Gasteiger partial charge >= 0.3 is 5.97 Å². The molecule has 0 fully saturated rings. The SMILES string of the molecule is Cc1ccc(C(C)(C)F)cc1CCCC(=O)O. The van der Waals surface area contributed by atoms with E-state index < -0.39 is 11.6 Å². The van der Waals surface area contributed by atoms with Crippen molar-refractivity contribution < 1.29 is 14.3 Å². The molecule has 0 amide bonds. The molecular weight excluding hydrogens is 219 g/mol. The van der Waals surface area contributed by atoms with Crippen LogP contribution in [0.25, 0.3) is 0 Å². The summed E-state index contributed by atoms with van der Waals surface area (Å²) in [6.45, 7) is 5.02. The van der Waals surface area contributed by atoms with Crippen LogP contribution >= 0.6 is 0 Å². The van der Waals surface area contributed by atoms with Gasteiger partial charge in [0.15, 0.2) is 0 Å². The number of benzene rings is 1. The minimum absolute atomic E-state index is 0.155. The first-order valence-electron chi connectivity index (χ1n) is 5.81. The maximum absolute atomic E-state index is 13.8. The first kappa shape index (κ1) is 13.7. The smallest absolute Gasteiger partial charge is 0.303 e. The summed E-state index contributed by atoms with van der Waals surface area (Å²) in [5.41, 5.74) is 1.42. The second-order valence-corrected chi connectivity index (χ2v) is 4.86. The molecule has 2 nitrogen and oxygen atoms in total. The Hall–Kier alpha value is -1.38. The van der Waals surface area contributed by atoms with Crippen LogP contribution in [0, 0.1) is 6.92 Å². The Labute approximate surface area is 101 Å². The molecule has 94 valence electrons. The van der Waals surface area contributed by atoms with Gasteiger partial charge in [0.25, 0.3) is 0 Å². The lowest BCUT2D eigenvalue weighted by Gasteiger charge is -2.17. The molecule has 0 aliphatic rings. The predicted octanol–water partition coefficient (Wildman–Crippen LogP) is 3.61. The van der Waals surface area contributed by atoms with Crippen LogP contribution in [0.15, 0.2) is 18.2 Å². The van der Waals surface area contributed by atoms with E-state index in [1.54, 1.807) is 6.07 Å². The van der Waals surface area contributed by atoms with Crippen LogP contribution in [-0.2, 0) is 16.9 Å². The van der Waals surface area contributed by atoms with Crippen LogP contribution in [0.3, 0.4) is 0 Å². The number of aliphatic carboxylic acids is 1. The lowest BCUT2D eigenvalue weighted by molar-refractivity contribution is -0.137. The molecule has 1 rings (SSSR count). The zero-order valence-corrected chi connectivity index (χ0v) is 10.6. The van der Waals surface area contributed by atoms with Gasteiger partial charge in [-0.3, -0.25) is 4.79 Å². The van der Waals surface area contributed by atoms with Crippen molar-refractivity contribution in [2.45, 2.75) is 45.7 Å². The monoisotopic (exact) mass is 238 g/mol. The van der Waals surface area contributed by atoms with Gasteiger partial charge in [-0.2, -0.15) is 0 Å². The van der Waals surface area contributed by atoms with Gasteiger partial charge in [-0.15, -0.1) is 0 Å². The van der Waals surface area contributed by atoms with E-state index in [4.69, 9.17) is 5.11 Å². The minimum Gasteiger partial charge on any atom is -0.481 e. The van der Waals surface area contributed by atoms with Crippen LogP contribution in [0.5, 0.6) is 0 Å². The summed E-state index contributed by atoms with van der Waals surface area (Å²) in [7, 11) is 0. The quantitative estimate of drug-likeness (QED) is 0.850. The average molecular weight is 238 g/mol.